The van der Waals surface area contributed by atoms with Crippen LogP contribution in [0.15, 0.2) is 58.0 Å². The molecule has 3 aromatic rings. The maximum absolute atomic E-state index is 11.4. The Bertz CT molecular complexity index is 1260. The Labute approximate surface area is 198 Å². The molecule has 3 rings (SSSR count). The van der Waals surface area contributed by atoms with Crippen LogP contribution in [0.25, 0.3) is 0 Å². The van der Waals surface area contributed by atoms with Gasteiger partial charge in [0.15, 0.2) is 11.5 Å². The number of ether oxygens (including phenoxy) is 2. The zero-order valence-corrected chi connectivity index (χ0v) is 19.7. The average molecular weight is 514 g/mol. The summed E-state index contributed by atoms with van der Waals surface area (Å²) in [5.41, 5.74) is 2.89. The van der Waals surface area contributed by atoms with Gasteiger partial charge in [0, 0.05) is 12.3 Å². The molecule has 0 radical (unpaired) electrons. The molecular weight excluding hydrogens is 494 g/mol. The van der Waals surface area contributed by atoms with Gasteiger partial charge in [0.2, 0.25) is 5.75 Å². The number of nitro benzene ring substituents is 2. The van der Waals surface area contributed by atoms with Gasteiger partial charge < -0.3 is 9.47 Å². The van der Waals surface area contributed by atoms with Crippen molar-refractivity contribution in [2.24, 2.45) is 4.99 Å². The highest BCUT2D eigenvalue weighted by molar-refractivity contribution is 9.10. The molecule has 0 spiro atoms. The Balaban J connectivity index is 1.98. The van der Waals surface area contributed by atoms with Gasteiger partial charge in [0.25, 0.3) is 5.69 Å². The van der Waals surface area contributed by atoms with Crippen molar-refractivity contribution in [2.45, 2.75) is 20.8 Å². The number of nitro groups is 2. The predicted molar refractivity (Wildman–Crippen MR) is 128 cm³/mol. The molecule has 9 nitrogen and oxygen atoms in total. The second-order valence-electron chi connectivity index (χ2n) is 7.06. The van der Waals surface area contributed by atoms with Gasteiger partial charge in [0.05, 0.1) is 32.7 Å². The minimum Gasteiger partial charge on any atom is -0.490 e. The number of nitrogens with zero attached hydrogens (tertiary/aromatic N) is 3. The van der Waals surface area contributed by atoms with E-state index in [1.54, 1.807) is 25.3 Å². The van der Waals surface area contributed by atoms with Crippen molar-refractivity contribution in [3.8, 4) is 17.2 Å². The number of aliphatic imine (C=N–C) groups is 1. The summed E-state index contributed by atoms with van der Waals surface area (Å²) in [6, 6.07) is 12.5. The second kappa shape index (κ2) is 10.2. The smallest absolute Gasteiger partial charge is 0.318 e. The molecule has 0 fully saturated rings. The lowest BCUT2D eigenvalue weighted by Gasteiger charge is -2.14. The Morgan fingerprint density at radius 2 is 1.73 bits per heavy atom. The van der Waals surface area contributed by atoms with Gasteiger partial charge in [-0.05, 0) is 83.7 Å². The summed E-state index contributed by atoms with van der Waals surface area (Å²) in [7, 11) is 0. The van der Waals surface area contributed by atoms with E-state index in [0.717, 1.165) is 23.4 Å². The van der Waals surface area contributed by atoms with Crippen LogP contribution in [0.1, 0.15) is 23.6 Å². The minimum atomic E-state index is -0.735. The lowest BCUT2D eigenvalue weighted by Crippen LogP contribution is -2.00. The van der Waals surface area contributed by atoms with Gasteiger partial charge >= 0.3 is 5.69 Å². The lowest BCUT2D eigenvalue weighted by molar-refractivity contribution is -0.394. The maximum Gasteiger partial charge on any atom is 0.318 e. The van der Waals surface area contributed by atoms with Crippen molar-refractivity contribution in [1.82, 2.24) is 0 Å². The van der Waals surface area contributed by atoms with Crippen LogP contribution in [0.3, 0.4) is 0 Å². The molecule has 33 heavy (non-hydrogen) atoms. The van der Waals surface area contributed by atoms with Crippen LogP contribution in [-0.4, -0.2) is 22.7 Å². The fourth-order valence-corrected chi connectivity index (χ4v) is 3.48. The average Bonchev–Trinajstić information content (AvgIpc) is 2.77. The van der Waals surface area contributed by atoms with Crippen LogP contribution < -0.4 is 9.47 Å². The first kappa shape index (κ1) is 23.9. The zero-order chi connectivity index (χ0) is 24.1. The van der Waals surface area contributed by atoms with Crippen molar-refractivity contribution in [3.63, 3.8) is 0 Å². The third kappa shape index (κ3) is 5.72. The first-order valence-corrected chi connectivity index (χ1v) is 10.7. The highest BCUT2D eigenvalue weighted by Crippen LogP contribution is 2.42. The highest BCUT2D eigenvalue weighted by atomic mass is 79.9. The molecule has 0 saturated carbocycles. The summed E-state index contributed by atoms with van der Waals surface area (Å²) in [6.45, 7) is 6.16. The third-order valence-corrected chi connectivity index (χ3v) is 5.34. The molecule has 0 aliphatic heterocycles. The summed E-state index contributed by atoms with van der Waals surface area (Å²) in [5.74, 6) is 0.391. The SMILES string of the molecule is CCOc1cc(C=Nc2ccc(C)c(C)c2)cc(Br)c1Oc1ccc([N+](=O)[O-])cc1[N+](=O)[O-]. The molecule has 10 heteroatoms. The zero-order valence-electron chi connectivity index (χ0n) is 18.1. The standard InChI is InChI=1S/C23H20BrN3O6/c1-4-32-22-11-16(13-25-17-6-5-14(2)15(3)9-17)10-19(24)23(22)33-21-8-7-18(26(28)29)12-20(21)27(30)31/h5-13H,4H2,1-3H3. The van der Waals surface area contributed by atoms with E-state index in [-0.39, 0.29) is 11.5 Å². The summed E-state index contributed by atoms with van der Waals surface area (Å²) in [6.07, 6.45) is 1.68. The Kier molecular flexibility index (Phi) is 7.39. The fraction of sp³-hybridized carbons (Fsp3) is 0.174. The maximum atomic E-state index is 11.4. The van der Waals surface area contributed by atoms with Gasteiger partial charge in [-0.1, -0.05) is 6.07 Å². The predicted octanol–water partition coefficient (Wildman–Crippen LogP) is 6.82. The van der Waals surface area contributed by atoms with Crippen LogP contribution in [0, 0.1) is 34.1 Å². The molecule has 170 valence electrons. The second-order valence-corrected chi connectivity index (χ2v) is 7.91. The van der Waals surface area contributed by atoms with E-state index in [2.05, 4.69) is 20.9 Å². The molecule has 0 unspecified atom stereocenters. The number of non-ortho nitro benzene ring substituents is 1. The van der Waals surface area contributed by atoms with Gasteiger partial charge in [-0.3, -0.25) is 25.2 Å². The number of hydrogen-bond acceptors (Lipinski definition) is 7. The summed E-state index contributed by atoms with van der Waals surface area (Å²) >= 11 is 3.43. The van der Waals surface area contributed by atoms with Gasteiger partial charge in [0.1, 0.15) is 0 Å². The van der Waals surface area contributed by atoms with Crippen molar-refractivity contribution >= 4 is 39.2 Å². The van der Waals surface area contributed by atoms with Crippen LogP contribution in [0.5, 0.6) is 17.2 Å². The highest BCUT2D eigenvalue weighted by Gasteiger charge is 2.23. The number of rotatable bonds is 8. The van der Waals surface area contributed by atoms with Gasteiger partial charge in [-0.2, -0.15) is 0 Å². The van der Waals surface area contributed by atoms with Crippen molar-refractivity contribution in [2.75, 3.05) is 6.61 Å². The van der Waals surface area contributed by atoms with Crippen LogP contribution in [0.2, 0.25) is 0 Å². The monoisotopic (exact) mass is 513 g/mol. The van der Waals surface area contributed by atoms with Crippen molar-refractivity contribution in [1.29, 1.82) is 0 Å². The number of benzene rings is 3. The molecule has 0 N–H and O–H groups in total. The molecule has 0 aliphatic rings. The third-order valence-electron chi connectivity index (χ3n) is 4.75. The molecule has 3 aromatic carbocycles. The molecule has 0 atom stereocenters. The summed E-state index contributed by atoms with van der Waals surface area (Å²) < 4.78 is 11.9. The molecule has 0 saturated heterocycles. The van der Waals surface area contributed by atoms with E-state index in [9.17, 15) is 20.2 Å². The molecule has 0 aliphatic carbocycles. The van der Waals surface area contributed by atoms with E-state index in [4.69, 9.17) is 9.47 Å². The quantitative estimate of drug-likeness (QED) is 0.185. The molecule has 0 heterocycles. The van der Waals surface area contributed by atoms with E-state index in [0.29, 0.717) is 22.4 Å². The Hall–Kier alpha value is -3.79. The van der Waals surface area contributed by atoms with Gasteiger partial charge in [-0.25, -0.2) is 0 Å². The van der Waals surface area contributed by atoms with E-state index in [1.807, 2.05) is 32.0 Å². The first-order chi connectivity index (χ1) is 15.7. The molecule has 0 aromatic heterocycles. The van der Waals surface area contributed by atoms with E-state index in [1.165, 1.54) is 11.6 Å². The Morgan fingerprint density at radius 3 is 2.36 bits per heavy atom. The number of aryl methyl sites for hydroxylation is 2. The summed E-state index contributed by atoms with van der Waals surface area (Å²) in [5, 5.41) is 22.4. The molecular formula is C23H20BrN3O6. The summed E-state index contributed by atoms with van der Waals surface area (Å²) in [4.78, 5) is 25.5. The number of halogens is 1. The van der Waals surface area contributed by atoms with Crippen molar-refractivity contribution < 1.29 is 19.3 Å². The normalized spacial score (nSPS) is 10.9. The molecule has 0 amide bonds. The fourth-order valence-electron chi connectivity index (χ4n) is 2.94. The van der Waals surface area contributed by atoms with Crippen molar-refractivity contribution in [3.05, 3.63) is 89.9 Å². The lowest BCUT2D eigenvalue weighted by atomic mass is 10.1. The Morgan fingerprint density at radius 1 is 0.970 bits per heavy atom. The topological polar surface area (TPSA) is 117 Å². The van der Waals surface area contributed by atoms with Crippen LogP contribution >= 0.6 is 15.9 Å². The molecule has 0 bridgehead atoms. The van der Waals surface area contributed by atoms with E-state index < -0.39 is 21.2 Å². The number of hydrogen-bond donors (Lipinski definition) is 0. The van der Waals surface area contributed by atoms with Gasteiger partial charge in [-0.15, -0.1) is 0 Å². The van der Waals surface area contributed by atoms with Crippen LogP contribution in [-0.2, 0) is 0 Å². The largest absolute Gasteiger partial charge is 0.490 e. The van der Waals surface area contributed by atoms with E-state index >= 15 is 0 Å². The first-order valence-electron chi connectivity index (χ1n) is 9.88. The van der Waals surface area contributed by atoms with Crippen LogP contribution in [0.4, 0.5) is 17.1 Å². The minimum absolute atomic E-state index is 0.149.